The molecule has 7 nitrogen and oxygen atoms in total. The van der Waals surface area contributed by atoms with Crippen molar-refractivity contribution in [2.24, 2.45) is 0 Å². The van der Waals surface area contributed by atoms with Crippen LogP contribution in [0.1, 0.15) is 34.6 Å². The van der Waals surface area contributed by atoms with Crippen LogP contribution in [0.15, 0.2) is 18.5 Å². The molecule has 1 atom stereocenters. The van der Waals surface area contributed by atoms with Crippen molar-refractivity contribution in [1.29, 1.82) is 0 Å². The highest BCUT2D eigenvalue weighted by Crippen LogP contribution is 2.36. The largest absolute Gasteiger partial charge is 0.497 e. The summed E-state index contributed by atoms with van der Waals surface area (Å²) >= 11 is 0. The van der Waals surface area contributed by atoms with E-state index in [4.69, 9.17) is 14.4 Å². The Balaban J connectivity index is 1.89. The summed E-state index contributed by atoms with van der Waals surface area (Å²) in [5.74, 6) is 0.468. The Morgan fingerprint density at radius 1 is 1.30 bits per heavy atom. The molecule has 23 heavy (non-hydrogen) atoms. The molecule has 2 aromatic rings. The van der Waals surface area contributed by atoms with E-state index in [-0.39, 0.29) is 23.9 Å². The van der Waals surface area contributed by atoms with Gasteiger partial charge in [-0.15, -0.1) is 5.10 Å². The standard InChI is InChI=1S/C15H23BN4O3/c1-10(9-21)18-13-17-8-12-11(6-7-20(12)19-13)16-22-14(2,3)15(4,5)23-16/h6-8,10,21H,9H2,1-5H3,(H,18,19)/t10-/m0/s1. The predicted octanol–water partition coefficient (Wildman–Crippen LogP) is 0.821. The van der Waals surface area contributed by atoms with Crippen molar-refractivity contribution in [3.8, 4) is 0 Å². The average Bonchev–Trinajstić information content (AvgIpc) is 2.97. The van der Waals surface area contributed by atoms with Gasteiger partial charge in [0, 0.05) is 17.7 Å². The van der Waals surface area contributed by atoms with Gasteiger partial charge in [-0.3, -0.25) is 0 Å². The molecule has 124 valence electrons. The maximum atomic E-state index is 9.10. The molecule has 1 aliphatic heterocycles. The number of aliphatic hydroxyl groups excluding tert-OH is 1. The first-order valence-corrected chi connectivity index (χ1v) is 7.81. The number of anilines is 1. The van der Waals surface area contributed by atoms with Crippen molar-refractivity contribution in [3.63, 3.8) is 0 Å². The highest BCUT2D eigenvalue weighted by Gasteiger charge is 2.52. The van der Waals surface area contributed by atoms with E-state index in [0.29, 0.717) is 5.95 Å². The van der Waals surface area contributed by atoms with Gasteiger partial charge in [-0.2, -0.15) is 0 Å². The summed E-state index contributed by atoms with van der Waals surface area (Å²) in [6.07, 6.45) is 3.59. The molecule has 3 heterocycles. The number of fused-ring (bicyclic) bond motifs is 1. The van der Waals surface area contributed by atoms with E-state index in [1.165, 1.54) is 0 Å². The van der Waals surface area contributed by atoms with Crippen LogP contribution in [0.2, 0.25) is 0 Å². The first kappa shape index (κ1) is 16.2. The zero-order chi connectivity index (χ0) is 16.8. The second-order valence-electron chi connectivity index (χ2n) is 7.00. The molecular weight excluding hydrogens is 295 g/mol. The molecule has 0 saturated carbocycles. The summed E-state index contributed by atoms with van der Waals surface area (Å²) < 4.78 is 13.9. The molecule has 0 spiro atoms. The molecule has 0 radical (unpaired) electrons. The summed E-state index contributed by atoms with van der Waals surface area (Å²) in [7, 11) is -0.441. The van der Waals surface area contributed by atoms with Crippen molar-refractivity contribution in [2.45, 2.75) is 51.9 Å². The first-order valence-electron chi connectivity index (χ1n) is 7.81. The summed E-state index contributed by atoms with van der Waals surface area (Å²) in [5, 5.41) is 16.5. The van der Waals surface area contributed by atoms with Gasteiger partial charge < -0.3 is 19.7 Å². The molecule has 0 aromatic carbocycles. The summed E-state index contributed by atoms with van der Waals surface area (Å²) in [6, 6.07) is 1.83. The highest BCUT2D eigenvalue weighted by atomic mass is 16.7. The van der Waals surface area contributed by atoms with E-state index < -0.39 is 7.12 Å². The van der Waals surface area contributed by atoms with Crippen LogP contribution < -0.4 is 10.8 Å². The monoisotopic (exact) mass is 318 g/mol. The van der Waals surface area contributed by atoms with Gasteiger partial charge >= 0.3 is 7.12 Å². The second kappa shape index (κ2) is 5.47. The minimum Gasteiger partial charge on any atom is -0.399 e. The fourth-order valence-corrected chi connectivity index (χ4v) is 2.42. The van der Waals surface area contributed by atoms with Gasteiger partial charge in [0.1, 0.15) is 0 Å². The lowest BCUT2D eigenvalue weighted by Gasteiger charge is -2.32. The van der Waals surface area contributed by atoms with Crippen LogP contribution in [0.25, 0.3) is 5.52 Å². The van der Waals surface area contributed by atoms with Crippen molar-refractivity contribution in [1.82, 2.24) is 14.6 Å². The molecule has 0 aliphatic carbocycles. The Hall–Kier alpha value is -1.64. The van der Waals surface area contributed by atoms with Gasteiger partial charge in [0.2, 0.25) is 5.95 Å². The molecule has 0 unspecified atom stereocenters. The van der Waals surface area contributed by atoms with E-state index in [2.05, 4.69) is 15.4 Å². The number of aromatic nitrogens is 3. The van der Waals surface area contributed by atoms with Crippen molar-refractivity contribution >= 4 is 24.0 Å². The zero-order valence-corrected chi connectivity index (χ0v) is 14.2. The predicted molar refractivity (Wildman–Crippen MR) is 88.9 cm³/mol. The number of nitrogens with one attached hydrogen (secondary N) is 1. The van der Waals surface area contributed by atoms with E-state index in [9.17, 15) is 0 Å². The molecule has 2 N–H and O–H groups in total. The number of rotatable bonds is 4. The van der Waals surface area contributed by atoms with Crippen molar-refractivity contribution in [2.75, 3.05) is 11.9 Å². The minimum absolute atomic E-state index is 0.0201. The lowest BCUT2D eigenvalue weighted by atomic mass is 9.80. The molecule has 8 heteroatoms. The Labute approximate surface area is 136 Å². The molecule has 1 fully saturated rings. The molecular formula is C15H23BN4O3. The van der Waals surface area contributed by atoms with E-state index in [0.717, 1.165) is 11.0 Å². The fraction of sp³-hybridized carbons (Fsp3) is 0.600. The Kier molecular flexibility index (Phi) is 3.86. The second-order valence-corrected chi connectivity index (χ2v) is 7.00. The smallest absolute Gasteiger partial charge is 0.399 e. The van der Waals surface area contributed by atoms with Gasteiger partial charge in [-0.25, -0.2) is 9.50 Å². The zero-order valence-electron chi connectivity index (χ0n) is 14.2. The molecule has 0 bridgehead atoms. The molecule has 1 saturated heterocycles. The third-order valence-electron chi connectivity index (χ3n) is 4.61. The van der Waals surface area contributed by atoms with E-state index >= 15 is 0 Å². The SMILES string of the molecule is C[C@@H](CO)Nc1ncc2c(B3OC(C)(C)C(C)(C)O3)ccn2n1. The van der Waals surface area contributed by atoms with Crippen LogP contribution in [0.5, 0.6) is 0 Å². The molecule has 3 rings (SSSR count). The maximum Gasteiger partial charge on any atom is 0.497 e. The van der Waals surface area contributed by atoms with Gasteiger partial charge in [0.15, 0.2) is 0 Å². The molecule has 0 amide bonds. The van der Waals surface area contributed by atoms with E-state index in [1.54, 1.807) is 10.7 Å². The van der Waals surface area contributed by atoms with Crippen molar-refractivity contribution in [3.05, 3.63) is 18.5 Å². The highest BCUT2D eigenvalue weighted by molar-refractivity contribution is 6.64. The van der Waals surface area contributed by atoms with Crippen molar-refractivity contribution < 1.29 is 14.4 Å². The maximum absolute atomic E-state index is 9.10. The number of hydrogen-bond donors (Lipinski definition) is 2. The van der Waals surface area contributed by atoms with Gasteiger partial charge in [-0.1, -0.05) is 0 Å². The van der Waals surface area contributed by atoms with Gasteiger partial charge in [0.25, 0.3) is 0 Å². The van der Waals surface area contributed by atoms with Crippen LogP contribution in [0, 0.1) is 0 Å². The number of aliphatic hydroxyl groups is 1. The lowest BCUT2D eigenvalue weighted by molar-refractivity contribution is 0.00578. The third-order valence-corrected chi connectivity index (χ3v) is 4.61. The van der Waals surface area contributed by atoms with Crippen LogP contribution in [0.4, 0.5) is 5.95 Å². The summed E-state index contributed by atoms with van der Waals surface area (Å²) in [5.41, 5.74) is 0.978. The normalized spacial score (nSPS) is 20.9. The molecule has 1 aliphatic rings. The Morgan fingerprint density at radius 2 is 1.96 bits per heavy atom. The Bertz CT molecular complexity index is 700. The first-order chi connectivity index (χ1) is 10.7. The topological polar surface area (TPSA) is 80.9 Å². The minimum atomic E-state index is -0.441. The van der Waals surface area contributed by atoms with Gasteiger partial charge in [0.05, 0.1) is 29.5 Å². The fourth-order valence-electron chi connectivity index (χ4n) is 2.42. The number of nitrogens with zero attached hydrogens (tertiary/aromatic N) is 3. The van der Waals surface area contributed by atoms with E-state index in [1.807, 2.05) is 46.9 Å². The van der Waals surface area contributed by atoms with Crippen LogP contribution >= 0.6 is 0 Å². The lowest BCUT2D eigenvalue weighted by Crippen LogP contribution is -2.41. The van der Waals surface area contributed by atoms with Crippen LogP contribution in [-0.2, 0) is 9.31 Å². The average molecular weight is 318 g/mol. The molecule has 2 aromatic heterocycles. The quantitative estimate of drug-likeness (QED) is 0.813. The summed E-state index contributed by atoms with van der Waals surface area (Å²) in [6.45, 7) is 9.99. The third kappa shape index (κ3) is 2.82. The van der Waals surface area contributed by atoms with Gasteiger partial charge in [-0.05, 0) is 40.7 Å². The Morgan fingerprint density at radius 3 is 2.57 bits per heavy atom. The van der Waals surface area contributed by atoms with Crippen LogP contribution in [0.3, 0.4) is 0 Å². The number of hydrogen-bond acceptors (Lipinski definition) is 6. The van der Waals surface area contributed by atoms with Crippen LogP contribution in [-0.4, -0.2) is 50.7 Å². The summed E-state index contributed by atoms with van der Waals surface area (Å²) in [4.78, 5) is 4.31.